The number of rotatable bonds is 8. The standard InChI is InChI=1S/C32H25Cl2N3O3S/c33-24-11-10-23(27(34)19-24)18-28(36-31(39)22-7-2-1-3-8-22)32(40)35-25-12-14-26(15-13-25)41-20-30(38)37-17-16-21-6-4-5-9-29(21)37/h1-15,18-19H,16-17,20H2,(H,35,40)(H,36,39)/b28-18-. The summed E-state index contributed by atoms with van der Waals surface area (Å²) < 4.78 is 0. The highest BCUT2D eigenvalue weighted by Crippen LogP contribution is 2.29. The van der Waals surface area contributed by atoms with Gasteiger partial charge in [0.25, 0.3) is 11.8 Å². The van der Waals surface area contributed by atoms with Crippen LogP contribution in [0.15, 0.2) is 108 Å². The number of halogens is 2. The molecule has 5 rings (SSSR count). The van der Waals surface area contributed by atoms with Gasteiger partial charge >= 0.3 is 0 Å². The first-order chi connectivity index (χ1) is 19.9. The number of benzene rings is 4. The topological polar surface area (TPSA) is 78.5 Å². The highest BCUT2D eigenvalue weighted by atomic mass is 35.5. The van der Waals surface area contributed by atoms with E-state index in [1.165, 1.54) is 23.4 Å². The third-order valence-corrected chi connectivity index (χ3v) is 8.01. The molecule has 0 bridgehead atoms. The fraction of sp³-hybridized carbons (Fsp3) is 0.0938. The molecule has 0 aliphatic carbocycles. The highest BCUT2D eigenvalue weighted by Gasteiger charge is 2.24. The van der Waals surface area contributed by atoms with Crippen LogP contribution in [0.4, 0.5) is 11.4 Å². The van der Waals surface area contributed by atoms with E-state index >= 15 is 0 Å². The van der Waals surface area contributed by atoms with Crippen molar-refractivity contribution in [1.29, 1.82) is 0 Å². The summed E-state index contributed by atoms with van der Waals surface area (Å²) in [5.41, 5.74) is 3.64. The van der Waals surface area contributed by atoms with Gasteiger partial charge in [0.05, 0.1) is 5.75 Å². The van der Waals surface area contributed by atoms with Crippen LogP contribution in [0.5, 0.6) is 0 Å². The molecular weight excluding hydrogens is 577 g/mol. The summed E-state index contributed by atoms with van der Waals surface area (Å²) in [5.74, 6) is -0.597. The smallest absolute Gasteiger partial charge is 0.272 e. The molecule has 0 spiro atoms. The van der Waals surface area contributed by atoms with E-state index in [1.54, 1.807) is 60.7 Å². The van der Waals surface area contributed by atoms with E-state index in [0.29, 0.717) is 39.2 Å². The monoisotopic (exact) mass is 601 g/mol. The number of anilines is 2. The number of carbonyl (C=O) groups is 3. The molecule has 206 valence electrons. The molecule has 3 amide bonds. The van der Waals surface area contributed by atoms with E-state index < -0.39 is 11.8 Å². The fourth-order valence-corrected chi connectivity index (χ4v) is 5.61. The quantitative estimate of drug-likeness (QED) is 0.167. The molecule has 2 N–H and O–H groups in total. The molecule has 4 aromatic rings. The van der Waals surface area contributed by atoms with Crippen molar-refractivity contribution in [3.8, 4) is 0 Å². The average Bonchev–Trinajstić information content (AvgIpc) is 3.42. The van der Waals surface area contributed by atoms with Crippen molar-refractivity contribution in [3.05, 3.63) is 129 Å². The number of thioether (sulfide) groups is 1. The number of carbonyl (C=O) groups excluding carboxylic acids is 3. The van der Waals surface area contributed by atoms with E-state index in [1.807, 2.05) is 35.2 Å². The van der Waals surface area contributed by atoms with Crippen LogP contribution in [-0.2, 0) is 16.0 Å². The lowest BCUT2D eigenvalue weighted by molar-refractivity contribution is -0.116. The number of amides is 3. The Balaban J connectivity index is 1.26. The van der Waals surface area contributed by atoms with Crippen molar-refractivity contribution < 1.29 is 14.4 Å². The predicted molar refractivity (Wildman–Crippen MR) is 167 cm³/mol. The van der Waals surface area contributed by atoms with E-state index in [9.17, 15) is 14.4 Å². The molecule has 0 saturated carbocycles. The van der Waals surface area contributed by atoms with Gasteiger partial charge in [0.15, 0.2) is 0 Å². The Bertz CT molecular complexity index is 1630. The van der Waals surface area contributed by atoms with Gasteiger partial charge in [-0.05, 0) is 78.2 Å². The van der Waals surface area contributed by atoms with E-state index in [4.69, 9.17) is 23.2 Å². The van der Waals surface area contributed by atoms with Gasteiger partial charge in [-0.25, -0.2) is 0 Å². The number of nitrogens with one attached hydrogen (secondary N) is 2. The second-order valence-electron chi connectivity index (χ2n) is 9.24. The second kappa shape index (κ2) is 13.1. The third kappa shape index (κ3) is 7.19. The maximum atomic E-state index is 13.3. The lowest BCUT2D eigenvalue weighted by Crippen LogP contribution is -2.30. The Morgan fingerprint density at radius 2 is 1.61 bits per heavy atom. The van der Waals surface area contributed by atoms with Crippen LogP contribution in [-0.4, -0.2) is 30.0 Å². The molecule has 41 heavy (non-hydrogen) atoms. The Morgan fingerprint density at radius 3 is 2.37 bits per heavy atom. The summed E-state index contributed by atoms with van der Waals surface area (Å²) in [4.78, 5) is 41.7. The Kier molecular flexibility index (Phi) is 9.09. The second-order valence-corrected chi connectivity index (χ2v) is 11.1. The maximum absolute atomic E-state index is 13.3. The van der Waals surface area contributed by atoms with Crippen LogP contribution in [0.3, 0.4) is 0 Å². The van der Waals surface area contributed by atoms with Crippen LogP contribution >= 0.6 is 35.0 Å². The number of hydrogen-bond donors (Lipinski definition) is 2. The molecule has 0 unspecified atom stereocenters. The van der Waals surface area contributed by atoms with Crippen LogP contribution in [0.25, 0.3) is 6.08 Å². The largest absolute Gasteiger partial charge is 0.321 e. The summed E-state index contributed by atoms with van der Waals surface area (Å²) >= 11 is 13.8. The van der Waals surface area contributed by atoms with Crippen molar-refractivity contribution >= 4 is 70.1 Å². The zero-order valence-corrected chi connectivity index (χ0v) is 24.1. The van der Waals surface area contributed by atoms with Gasteiger partial charge < -0.3 is 15.5 Å². The minimum absolute atomic E-state index is 0.0121. The number of nitrogens with zero attached hydrogens (tertiary/aromatic N) is 1. The molecule has 6 nitrogen and oxygen atoms in total. The van der Waals surface area contributed by atoms with Crippen molar-refractivity contribution in [2.75, 3.05) is 22.5 Å². The molecule has 9 heteroatoms. The number of fused-ring (bicyclic) bond motifs is 1. The van der Waals surface area contributed by atoms with Gasteiger partial charge in [0.2, 0.25) is 5.91 Å². The minimum atomic E-state index is -0.524. The molecule has 0 aromatic heterocycles. The molecule has 1 aliphatic rings. The summed E-state index contributed by atoms with van der Waals surface area (Å²) in [6.45, 7) is 0.696. The van der Waals surface area contributed by atoms with Crippen LogP contribution in [0.1, 0.15) is 21.5 Å². The summed E-state index contributed by atoms with van der Waals surface area (Å²) in [6.07, 6.45) is 2.37. The first kappa shape index (κ1) is 28.5. The van der Waals surface area contributed by atoms with Crippen molar-refractivity contribution in [2.45, 2.75) is 11.3 Å². The molecule has 0 radical (unpaired) electrons. The summed E-state index contributed by atoms with van der Waals surface area (Å²) in [6, 6.07) is 28.6. The predicted octanol–water partition coefficient (Wildman–Crippen LogP) is 7.08. The Morgan fingerprint density at radius 1 is 0.878 bits per heavy atom. The number of hydrogen-bond acceptors (Lipinski definition) is 4. The molecule has 0 fully saturated rings. The van der Waals surface area contributed by atoms with E-state index in [-0.39, 0.29) is 11.6 Å². The summed E-state index contributed by atoms with van der Waals surface area (Å²) in [7, 11) is 0. The minimum Gasteiger partial charge on any atom is -0.321 e. The first-order valence-corrected chi connectivity index (χ1v) is 14.6. The molecule has 1 heterocycles. The van der Waals surface area contributed by atoms with Crippen LogP contribution in [0, 0.1) is 0 Å². The lowest BCUT2D eigenvalue weighted by atomic mass is 10.1. The molecule has 0 saturated heterocycles. The highest BCUT2D eigenvalue weighted by molar-refractivity contribution is 8.00. The van der Waals surface area contributed by atoms with Gasteiger partial charge in [-0.2, -0.15) is 0 Å². The van der Waals surface area contributed by atoms with Gasteiger partial charge in [-0.3, -0.25) is 14.4 Å². The molecule has 1 aliphatic heterocycles. The average molecular weight is 603 g/mol. The number of para-hydroxylation sites is 1. The van der Waals surface area contributed by atoms with Crippen molar-refractivity contribution in [1.82, 2.24) is 5.32 Å². The van der Waals surface area contributed by atoms with Gasteiger partial charge in [0, 0.05) is 38.4 Å². The first-order valence-electron chi connectivity index (χ1n) is 12.8. The SMILES string of the molecule is O=C(Nc1ccc(SCC(=O)N2CCc3ccccc32)cc1)/C(=C/c1ccc(Cl)cc1Cl)NC(=O)c1ccccc1. The van der Waals surface area contributed by atoms with Crippen LogP contribution < -0.4 is 15.5 Å². The van der Waals surface area contributed by atoms with Gasteiger partial charge in [-0.15, -0.1) is 11.8 Å². The lowest BCUT2D eigenvalue weighted by Gasteiger charge is -2.17. The van der Waals surface area contributed by atoms with E-state index in [2.05, 4.69) is 16.7 Å². The summed E-state index contributed by atoms with van der Waals surface area (Å²) in [5, 5.41) is 6.31. The van der Waals surface area contributed by atoms with E-state index in [0.717, 1.165) is 17.0 Å². The zero-order valence-electron chi connectivity index (χ0n) is 21.8. The zero-order chi connectivity index (χ0) is 28.8. The third-order valence-electron chi connectivity index (χ3n) is 6.45. The Hall–Kier alpha value is -4.04. The fourth-order valence-electron chi connectivity index (χ4n) is 4.37. The molecule has 4 aromatic carbocycles. The Labute approximate surface area is 252 Å². The van der Waals surface area contributed by atoms with Crippen LogP contribution in [0.2, 0.25) is 10.0 Å². The normalized spacial score (nSPS) is 12.5. The van der Waals surface area contributed by atoms with Gasteiger partial charge in [-0.1, -0.05) is 65.7 Å². The van der Waals surface area contributed by atoms with Gasteiger partial charge in [0.1, 0.15) is 5.70 Å². The maximum Gasteiger partial charge on any atom is 0.272 e. The molecule has 0 atom stereocenters. The molecular formula is C32H25Cl2N3O3S. The van der Waals surface area contributed by atoms with Crippen molar-refractivity contribution in [3.63, 3.8) is 0 Å². The van der Waals surface area contributed by atoms with Crippen molar-refractivity contribution in [2.24, 2.45) is 0 Å².